The normalized spacial score (nSPS) is 12.8. The quantitative estimate of drug-likeness (QED) is 0.539. The van der Waals surface area contributed by atoms with Gasteiger partial charge in [0.05, 0.1) is 26.2 Å². The third-order valence-electron chi connectivity index (χ3n) is 4.30. The average Bonchev–Trinajstić information content (AvgIpc) is 2.87. The van der Waals surface area contributed by atoms with E-state index in [2.05, 4.69) is 0 Å². The predicted octanol–water partition coefficient (Wildman–Crippen LogP) is 2.52. The molecule has 0 aliphatic carbocycles. The summed E-state index contributed by atoms with van der Waals surface area (Å²) in [4.78, 5) is 0.990. The van der Waals surface area contributed by atoms with Crippen LogP contribution in [0.5, 0.6) is 11.5 Å². The van der Waals surface area contributed by atoms with Crippen molar-refractivity contribution in [2.24, 2.45) is 0 Å². The van der Waals surface area contributed by atoms with Crippen LogP contribution in [0.4, 0.5) is 0 Å². The Morgan fingerprint density at radius 1 is 1.09 bits per heavy atom. The summed E-state index contributed by atoms with van der Waals surface area (Å²) in [5.74, 6) is 1.40. The van der Waals surface area contributed by atoms with E-state index >= 15 is 0 Å². The van der Waals surface area contributed by atoms with Gasteiger partial charge in [0, 0.05) is 11.6 Å². The van der Waals surface area contributed by atoms with E-state index < -0.39 is 0 Å². The molecule has 1 aromatic heterocycles. The van der Waals surface area contributed by atoms with Crippen LogP contribution in [0.1, 0.15) is 5.56 Å². The zero-order valence-electron chi connectivity index (χ0n) is 12.5. The Balaban J connectivity index is 2.06. The average molecular weight is 296 g/mol. The molecule has 4 rings (SSSR count). The van der Waals surface area contributed by atoms with E-state index in [0.717, 1.165) is 33.7 Å². The van der Waals surface area contributed by atoms with E-state index in [9.17, 15) is 5.21 Å². The van der Waals surface area contributed by atoms with Crippen molar-refractivity contribution in [2.45, 2.75) is 13.0 Å². The Morgan fingerprint density at radius 2 is 1.82 bits per heavy atom. The predicted molar refractivity (Wildman–Crippen MR) is 83.1 cm³/mol. The number of hydrogen-bond donors (Lipinski definition) is 0. The van der Waals surface area contributed by atoms with Crippen molar-refractivity contribution in [3.63, 3.8) is 0 Å². The first-order valence-corrected chi connectivity index (χ1v) is 7.21. The lowest BCUT2D eigenvalue weighted by molar-refractivity contribution is -0.669. The van der Waals surface area contributed by atoms with Crippen molar-refractivity contribution >= 4 is 10.9 Å². The molecule has 112 valence electrons. The first kappa shape index (κ1) is 13.0. The number of para-hydroxylation sites is 1. The molecule has 0 saturated carbocycles. The van der Waals surface area contributed by atoms with Crippen LogP contribution in [0.3, 0.4) is 0 Å². The highest BCUT2D eigenvalue weighted by atomic mass is 16.5. The summed E-state index contributed by atoms with van der Waals surface area (Å²) < 4.78 is 12.6. The summed E-state index contributed by atoms with van der Waals surface area (Å²) in [5, 5.41) is 13.4. The zero-order chi connectivity index (χ0) is 15.3. The van der Waals surface area contributed by atoms with Crippen molar-refractivity contribution in [2.75, 3.05) is 14.2 Å². The molecule has 5 nitrogen and oxygen atoms in total. The Kier molecular flexibility index (Phi) is 2.76. The number of nitrogens with zero attached hydrogens (tertiary/aromatic N) is 2. The number of fused-ring (bicyclic) bond motifs is 5. The Hall–Kier alpha value is -2.69. The number of ether oxygens (including phenoxy) is 2. The summed E-state index contributed by atoms with van der Waals surface area (Å²) in [6, 6.07) is 11.7. The first-order valence-electron chi connectivity index (χ1n) is 7.21. The van der Waals surface area contributed by atoms with Gasteiger partial charge in [0.2, 0.25) is 0 Å². The van der Waals surface area contributed by atoms with Crippen LogP contribution < -0.4 is 14.3 Å². The summed E-state index contributed by atoms with van der Waals surface area (Å²) in [5.41, 5.74) is 3.86. The summed E-state index contributed by atoms with van der Waals surface area (Å²) >= 11 is 0. The van der Waals surface area contributed by atoms with Gasteiger partial charge in [-0.05, 0) is 30.2 Å². The molecule has 0 saturated heterocycles. The molecule has 0 unspecified atom stereocenters. The van der Waals surface area contributed by atoms with Gasteiger partial charge >= 0.3 is 0 Å². The van der Waals surface area contributed by atoms with Crippen LogP contribution in [0.2, 0.25) is 0 Å². The van der Waals surface area contributed by atoms with Crippen molar-refractivity contribution in [1.29, 1.82) is 0 Å². The van der Waals surface area contributed by atoms with Crippen molar-refractivity contribution < 1.29 is 14.3 Å². The van der Waals surface area contributed by atoms with E-state index in [-0.39, 0.29) is 0 Å². The highest BCUT2D eigenvalue weighted by Gasteiger charge is 2.28. The fraction of sp³-hybridized carbons (Fsp3) is 0.235. The molecular formula is C17H16N2O3. The van der Waals surface area contributed by atoms with Crippen LogP contribution in [-0.2, 0) is 13.0 Å². The Bertz CT molecular complexity index is 883. The maximum atomic E-state index is 12.5. The largest absolute Gasteiger partial charge is 0.595 e. The van der Waals surface area contributed by atoms with Crippen molar-refractivity contribution in [1.82, 2.24) is 4.68 Å². The van der Waals surface area contributed by atoms with Crippen LogP contribution in [-0.4, -0.2) is 18.9 Å². The lowest BCUT2D eigenvalue weighted by Gasteiger charge is -2.19. The maximum Gasteiger partial charge on any atom is 0.252 e. The molecule has 0 spiro atoms. The van der Waals surface area contributed by atoms with Crippen LogP contribution >= 0.6 is 0 Å². The van der Waals surface area contributed by atoms with Gasteiger partial charge < -0.3 is 14.7 Å². The second-order valence-electron chi connectivity index (χ2n) is 5.38. The van der Waals surface area contributed by atoms with Crippen LogP contribution in [0.15, 0.2) is 36.4 Å². The number of benzene rings is 2. The molecule has 22 heavy (non-hydrogen) atoms. The maximum absolute atomic E-state index is 12.5. The molecule has 3 aromatic rings. The van der Waals surface area contributed by atoms with E-state index in [1.165, 1.54) is 5.56 Å². The Labute approximate surface area is 127 Å². The molecule has 2 aromatic carbocycles. The second kappa shape index (κ2) is 4.66. The van der Waals surface area contributed by atoms with Crippen molar-refractivity contribution in [3.05, 3.63) is 47.2 Å². The molecule has 0 amide bonds. The summed E-state index contributed by atoms with van der Waals surface area (Å²) in [6.45, 7) is 0.663. The number of aryl methyl sites for hydroxylation is 1. The van der Waals surface area contributed by atoms with Crippen LogP contribution in [0.25, 0.3) is 22.2 Å². The van der Waals surface area contributed by atoms with Gasteiger partial charge in [0.25, 0.3) is 5.52 Å². The minimum absolute atomic E-state index is 0.663. The third kappa shape index (κ3) is 1.62. The van der Waals surface area contributed by atoms with Gasteiger partial charge in [0.15, 0.2) is 11.5 Å². The molecule has 0 fully saturated rings. The van der Waals surface area contributed by atoms with Gasteiger partial charge in [0.1, 0.15) is 5.69 Å². The lowest BCUT2D eigenvalue weighted by atomic mass is 9.96. The van der Waals surface area contributed by atoms with E-state index in [0.29, 0.717) is 17.8 Å². The fourth-order valence-electron chi connectivity index (χ4n) is 3.26. The molecule has 0 bridgehead atoms. The fourth-order valence-corrected chi connectivity index (χ4v) is 3.26. The minimum atomic E-state index is 0.663. The minimum Gasteiger partial charge on any atom is -0.595 e. The smallest absolute Gasteiger partial charge is 0.252 e. The van der Waals surface area contributed by atoms with E-state index in [1.54, 1.807) is 18.9 Å². The summed E-state index contributed by atoms with van der Waals surface area (Å²) in [6.07, 6.45) is 0.798. The molecule has 0 radical (unpaired) electrons. The van der Waals surface area contributed by atoms with Gasteiger partial charge in [-0.15, -0.1) is 4.68 Å². The Morgan fingerprint density at radius 3 is 2.59 bits per heavy atom. The SMILES string of the molecule is COc1cc2c(cc1OC)-c1c3ccccc3[n+]([O-])n1CC2. The lowest BCUT2D eigenvalue weighted by Crippen LogP contribution is -2.39. The molecule has 1 aliphatic rings. The molecular weight excluding hydrogens is 280 g/mol. The summed E-state index contributed by atoms with van der Waals surface area (Å²) in [7, 11) is 3.26. The van der Waals surface area contributed by atoms with Gasteiger partial charge in [-0.2, -0.15) is 0 Å². The molecule has 0 atom stereocenters. The van der Waals surface area contributed by atoms with Crippen LogP contribution in [0, 0.1) is 5.21 Å². The molecule has 0 N–H and O–H groups in total. The van der Waals surface area contributed by atoms with Gasteiger partial charge in [-0.3, -0.25) is 0 Å². The third-order valence-corrected chi connectivity index (χ3v) is 4.30. The van der Waals surface area contributed by atoms with Gasteiger partial charge in [-0.1, -0.05) is 17.0 Å². The van der Waals surface area contributed by atoms with Gasteiger partial charge in [-0.25, -0.2) is 0 Å². The first-order chi connectivity index (χ1) is 10.7. The number of methoxy groups -OCH3 is 2. The molecule has 2 heterocycles. The second-order valence-corrected chi connectivity index (χ2v) is 5.38. The number of aromatic nitrogens is 2. The number of hydrogen-bond acceptors (Lipinski definition) is 3. The highest BCUT2D eigenvalue weighted by Crippen LogP contribution is 2.40. The standard InChI is InChI=1S/C17H16N2O3/c1-21-15-9-11-7-8-18-17(13(11)10-16(15)22-2)12-5-3-4-6-14(12)19(18)20/h3-6,9-10H,7-8H2,1-2H3. The monoisotopic (exact) mass is 296 g/mol. The highest BCUT2D eigenvalue weighted by molar-refractivity contribution is 5.93. The number of rotatable bonds is 2. The molecule has 5 heteroatoms. The molecule has 1 aliphatic heterocycles. The van der Waals surface area contributed by atoms with E-state index in [1.807, 2.05) is 36.4 Å². The topological polar surface area (TPSA) is 50.3 Å². The van der Waals surface area contributed by atoms with Crippen molar-refractivity contribution in [3.8, 4) is 22.8 Å². The van der Waals surface area contributed by atoms with E-state index in [4.69, 9.17) is 9.47 Å². The zero-order valence-corrected chi connectivity index (χ0v) is 12.5.